The van der Waals surface area contributed by atoms with Crippen molar-refractivity contribution in [1.82, 2.24) is 0 Å². The van der Waals surface area contributed by atoms with Gasteiger partial charge in [-0.15, -0.1) is 0 Å². The molecular formula is C20H21O6+. The number of benzene rings is 2. The Morgan fingerprint density at radius 1 is 0.654 bits per heavy atom. The first-order valence-electron chi connectivity index (χ1n) is 7.94. The maximum atomic E-state index is 6.09. The molecule has 1 aromatic heterocycles. The Morgan fingerprint density at radius 3 is 1.85 bits per heavy atom. The quantitative estimate of drug-likeness (QED) is 0.609. The number of fused-ring (bicyclic) bond motifs is 1. The minimum Gasteiger partial charge on any atom is -0.496 e. The highest BCUT2D eigenvalue weighted by atomic mass is 16.5. The molecule has 3 rings (SSSR count). The van der Waals surface area contributed by atoms with E-state index >= 15 is 0 Å². The van der Waals surface area contributed by atoms with Crippen LogP contribution in [0, 0.1) is 0 Å². The van der Waals surface area contributed by atoms with Gasteiger partial charge in [0, 0.05) is 24.3 Å². The van der Waals surface area contributed by atoms with E-state index in [0.717, 1.165) is 10.9 Å². The van der Waals surface area contributed by atoms with Crippen molar-refractivity contribution < 1.29 is 28.1 Å². The van der Waals surface area contributed by atoms with Crippen LogP contribution in [0.3, 0.4) is 0 Å². The molecule has 136 valence electrons. The van der Waals surface area contributed by atoms with Crippen molar-refractivity contribution in [1.29, 1.82) is 0 Å². The average Bonchev–Trinajstić information content (AvgIpc) is 2.70. The SMILES string of the molecule is COc1cc(OC)c2ccc(-c3cc(OC)c(OC)c(OC)c3)[o+]c2c1. The van der Waals surface area contributed by atoms with Crippen molar-refractivity contribution in [2.45, 2.75) is 0 Å². The van der Waals surface area contributed by atoms with E-state index in [9.17, 15) is 0 Å². The predicted octanol–water partition coefficient (Wildman–Crippen LogP) is 4.42. The van der Waals surface area contributed by atoms with Crippen LogP contribution in [0.5, 0.6) is 28.7 Å². The van der Waals surface area contributed by atoms with Gasteiger partial charge in [-0.3, -0.25) is 0 Å². The molecule has 0 saturated carbocycles. The lowest BCUT2D eigenvalue weighted by Gasteiger charge is -2.12. The van der Waals surface area contributed by atoms with E-state index in [1.54, 1.807) is 35.5 Å². The fraction of sp³-hybridized carbons (Fsp3) is 0.250. The van der Waals surface area contributed by atoms with Gasteiger partial charge in [0.1, 0.15) is 16.9 Å². The van der Waals surface area contributed by atoms with Gasteiger partial charge in [-0.25, -0.2) is 4.42 Å². The molecule has 0 amide bonds. The van der Waals surface area contributed by atoms with E-state index in [0.29, 0.717) is 40.1 Å². The molecule has 0 fully saturated rings. The molecule has 0 saturated heterocycles. The molecule has 0 aliphatic carbocycles. The van der Waals surface area contributed by atoms with Crippen LogP contribution in [-0.2, 0) is 0 Å². The maximum absolute atomic E-state index is 6.09. The fourth-order valence-corrected chi connectivity index (χ4v) is 2.80. The summed E-state index contributed by atoms with van der Waals surface area (Å²) in [4.78, 5) is 0. The van der Waals surface area contributed by atoms with E-state index in [1.165, 1.54) is 0 Å². The van der Waals surface area contributed by atoms with Gasteiger partial charge in [-0.05, 0) is 6.07 Å². The van der Waals surface area contributed by atoms with Gasteiger partial charge in [0.15, 0.2) is 11.5 Å². The number of hydrogen-bond acceptors (Lipinski definition) is 5. The first-order chi connectivity index (χ1) is 12.6. The van der Waals surface area contributed by atoms with Crippen molar-refractivity contribution in [3.63, 3.8) is 0 Å². The Balaban J connectivity index is 2.19. The summed E-state index contributed by atoms with van der Waals surface area (Å²) < 4.78 is 33.0. The molecule has 26 heavy (non-hydrogen) atoms. The molecule has 0 aliphatic heterocycles. The molecule has 0 atom stereocenters. The molecule has 0 spiro atoms. The van der Waals surface area contributed by atoms with Gasteiger partial charge >= 0.3 is 11.3 Å². The summed E-state index contributed by atoms with van der Waals surface area (Å²) in [5, 5.41) is 0.851. The van der Waals surface area contributed by atoms with E-state index in [1.807, 2.05) is 36.4 Å². The van der Waals surface area contributed by atoms with E-state index in [-0.39, 0.29) is 0 Å². The number of hydrogen-bond donors (Lipinski definition) is 0. The third-order valence-electron chi connectivity index (χ3n) is 4.10. The van der Waals surface area contributed by atoms with Crippen molar-refractivity contribution in [2.75, 3.05) is 35.5 Å². The van der Waals surface area contributed by atoms with Gasteiger partial charge < -0.3 is 23.7 Å². The molecule has 2 aromatic carbocycles. The molecule has 0 radical (unpaired) electrons. The van der Waals surface area contributed by atoms with Crippen LogP contribution in [0.4, 0.5) is 0 Å². The van der Waals surface area contributed by atoms with Crippen LogP contribution in [0.25, 0.3) is 22.3 Å². The number of rotatable bonds is 6. The lowest BCUT2D eigenvalue weighted by molar-refractivity contribution is 0.324. The fourth-order valence-electron chi connectivity index (χ4n) is 2.80. The lowest BCUT2D eigenvalue weighted by atomic mass is 10.1. The zero-order valence-corrected chi connectivity index (χ0v) is 15.4. The first kappa shape index (κ1) is 17.7. The number of ether oxygens (including phenoxy) is 5. The lowest BCUT2D eigenvalue weighted by Crippen LogP contribution is -1.95. The highest BCUT2D eigenvalue weighted by Gasteiger charge is 2.22. The largest absolute Gasteiger partial charge is 0.496 e. The summed E-state index contributed by atoms with van der Waals surface area (Å²) in [7, 11) is 7.94. The van der Waals surface area contributed by atoms with Crippen molar-refractivity contribution in [3.05, 3.63) is 36.4 Å². The second-order valence-corrected chi connectivity index (χ2v) is 5.46. The Morgan fingerprint density at radius 2 is 1.31 bits per heavy atom. The van der Waals surface area contributed by atoms with Crippen LogP contribution in [0.15, 0.2) is 40.8 Å². The van der Waals surface area contributed by atoms with E-state index < -0.39 is 0 Å². The molecule has 6 heteroatoms. The maximum Gasteiger partial charge on any atom is 0.368 e. The molecule has 1 heterocycles. The highest BCUT2D eigenvalue weighted by Crippen LogP contribution is 2.42. The molecule has 0 unspecified atom stereocenters. The van der Waals surface area contributed by atoms with Crippen LogP contribution in [0.1, 0.15) is 0 Å². The Bertz CT molecular complexity index is 910. The Labute approximate surface area is 151 Å². The summed E-state index contributed by atoms with van der Waals surface area (Å²) in [6, 6.07) is 11.1. The van der Waals surface area contributed by atoms with E-state index in [2.05, 4.69) is 0 Å². The molecule has 3 aromatic rings. The second-order valence-electron chi connectivity index (χ2n) is 5.46. The highest BCUT2D eigenvalue weighted by molar-refractivity contribution is 5.86. The monoisotopic (exact) mass is 357 g/mol. The second kappa shape index (κ2) is 7.39. The third-order valence-corrected chi connectivity index (χ3v) is 4.10. The summed E-state index contributed by atoms with van der Waals surface area (Å²) in [5.74, 6) is 3.62. The van der Waals surface area contributed by atoms with Crippen molar-refractivity contribution in [2.24, 2.45) is 0 Å². The molecule has 0 N–H and O–H groups in total. The van der Waals surface area contributed by atoms with Crippen LogP contribution < -0.4 is 23.7 Å². The summed E-state index contributed by atoms with van der Waals surface area (Å²) in [6.45, 7) is 0. The van der Waals surface area contributed by atoms with E-state index in [4.69, 9.17) is 28.1 Å². The molecule has 0 bridgehead atoms. The van der Waals surface area contributed by atoms with Crippen LogP contribution in [-0.4, -0.2) is 35.5 Å². The van der Waals surface area contributed by atoms with Gasteiger partial charge in [0.2, 0.25) is 5.75 Å². The molecule has 6 nitrogen and oxygen atoms in total. The standard InChI is InChI=1S/C20H21O6/c1-21-13-10-16(22-2)14-6-7-15(26-17(14)11-13)12-8-18(23-3)20(25-5)19(9-12)24-4/h6-11H,1-5H3/q+1. The summed E-state index contributed by atoms with van der Waals surface area (Å²) >= 11 is 0. The van der Waals surface area contributed by atoms with Crippen LogP contribution >= 0.6 is 0 Å². The zero-order chi connectivity index (χ0) is 18.7. The summed E-state index contributed by atoms with van der Waals surface area (Å²) in [6.07, 6.45) is 0. The van der Waals surface area contributed by atoms with Gasteiger partial charge in [-0.2, -0.15) is 0 Å². The average molecular weight is 357 g/mol. The zero-order valence-electron chi connectivity index (χ0n) is 15.4. The third kappa shape index (κ3) is 3.06. The van der Waals surface area contributed by atoms with Gasteiger partial charge in [0.25, 0.3) is 0 Å². The Kier molecular flexibility index (Phi) is 5.02. The van der Waals surface area contributed by atoms with Crippen molar-refractivity contribution >= 4 is 11.0 Å². The van der Waals surface area contributed by atoms with Crippen molar-refractivity contribution in [3.8, 4) is 40.1 Å². The van der Waals surface area contributed by atoms with Gasteiger partial charge in [0.05, 0.1) is 47.2 Å². The minimum atomic E-state index is 0.530. The Hall–Kier alpha value is -3.15. The molecular weight excluding hydrogens is 336 g/mol. The molecule has 0 aliphatic rings. The predicted molar refractivity (Wildman–Crippen MR) is 98.8 cm³/mol. The smallest absolute Gasteiger partial charge is 0.368 e. The summed E-state index contributed by atoms with van der Waals surface area (Å²) in [5.41, 5.74) is 1.44. The van der Waals surface area contributed by atoms with Gasteiger partial charge in [-0.1, -0.05) is 0 Å². The normalized spacial score (nSPS) is 10.5. The van der Waals surface area contributed by atoms with Crippen LogP contribution in [0.2, 0.25) is 0 Å². The number of methoxy groups -OCH3 is 5. The first-order valence-corrected chi connectivity index (χ1v) is 7.94. The topological polar surface area (TPSA) is 57.5 Å². The minimum absolute atomic E-state index is 0.530.